The maximum atomic E-state index is 12.0. The number of nitrogens with two attached hydrogens (primary N) is 1. The third kappa shape index (κ3) is 3.98. The fourth-order valence-electron chi connectivity index (χ4n) is 1.34. The van der Waals surface area contributed by atoms with Crippen LogP contribution in [-0.4, -0.2) is 24.6 Å². The molecule has 0 radical (unpaired) electrons. The summed E-state index contributed by atoms with van der Waals surface area (Å²) in [6.45, 7) is 0. The summed E-state index contributed by atoms with van der Waals surface area (Å²) in [6.07, 6.45) is 1.07. The van der Waals surface area contributed by atoms with Gasteiger partial charge in [-0.05, 0) is 24.3 Å². The summed E-state index contributed by atoms with van der Waals surface area (Å²) in [7, 11) is -3.83. The summed E-state index contributed by atoms with van der Waals surface area (Å²) in [4.78, 5) is 9.55. The van der Waals surface area contributed by atoms with E-state index in [9.17, 15) is 8.42 Å². The smallest absolute Gasteiger partial charge is 0.276 e. The SMILES string of the molecule is Nc1nc(Cl)c(Cl)nc1/C=N\NS(=O)(=O)c1ccc(Cl)cc1. The van der Waals surface area contributed by atoms with Crippen LogP contribution in [0, 0.1) is 0 Å². The van der Waals surface area contributed by atoms with Crippen molar-refractivity contribution in [3.63, 3.8) is 0 Å². The molecular weight excluding hydrogens is 373 g/mol. The lowest BCUT2D eigenvalue weighted by atomic mass is 10.4. The number of hydrogen-bond acceptors (Lipinski definition) is 6. The molecule has 2 aromatic rings. The molecule has 2 rings (SSSR count). The van der Waals surface area contributed by atoms with Crippen molar-refractivity contribution in [2.24, 2.45) is 5.10 Å². The Kier molecular flexibility index (Phi) is 5.07. The number of rotatable bonds is 4. The van der Waals surface area contributed by atoms with Crippen molar-refractivity contribution in [2.75, 3.05) is 5.73 Å². The zero-order valence-electron chi connectivity index (χ0n) is 10.7. The van der Waals surface area contributed by atoms with E-state index in [1.807, 2.05) is 4.83 Å². The molecule has 1 aromatic heterocycles. The number of aromatic nitrogens is 2. The molecule has 0 saturated carbocycles. The predicted molar refractivity (Wildman–Crippen MR) is 85.8 cm³/mol. The molecule has 0 amide bonds. The van der Waals surface area contributed by atoms with Crippen LogP contribution < -0.4 is 10.6 Å². The Labute approximate surface area is 141 Å². The second-order valence-electron chi connectivity index (χ2n) is 3.88. The molecule has 0 saturated heterocycles. The number of anilines is 1. The minimum absolute atomic E-state index is 0.00208. The number of halogens is 3. The van der Waals surface area contributed by atoms with E-state index in [4.69, 9.17) is 40.5 Å². The van der Waals surface area contributed by atoms with Crippen molar-refractivity contribution in [1.82, 2.24) is 14.8 Å². The third-order valence-electron chi connectivity index (χ3n) is 2.35. The highest BCUT2D eigenvalue weighted by atomic mass is 35.5. The van der Waals surface area contributed by atoms with Crippen LogP contribution in [0.4, 0.5) is 5.82 Å². The molecule has 0 unspecified atom stereocenters. The lowest BCUT2D eigenvalue weighted by Crippen LogP contribution is -2.18. The van der Waals surface area contributed by atoms with Crippen molar-refractivity contribution in [3.8, 4) is 0 Å². The first-order valence-electron chi connectivity index (χ1n) is 5.58. The topological polar surface area (TPSA) is 110 Å². The highest BCUT2D eigenvalue weighted by Gasteiger charge is 2.12. The van der Waals surface area contributed by atoms with Gasteiger partial charge in [0.15, 0.2) is 16.1 Å². The molecule has 11 heteroatoms. The quantitative estimate of drug-likeness (QED) is 0.625. The van der Waals surface area contributed by atoms with E-state index >= 15 is 0 Å². The molecular formula is C11H8Cl3N5O2S. The maximum Gasteiger partial charge on any atom is 0.276 e. The summed E-state index contributed by atoms with van der Waals surface area (Å²) in [5.74, 6) is -0.0381. The van der Waals surface area contributed by atoms with Gasteiger partial charge in [-0.1, -0.05) is 34.8 Å². The minimum Gasteiger partial charge on any atom is -0.382 e. The van der Waals surface area contributed by atoms with Gasteiger partial charge in [0, 0.05) is 5.02 Å². The number of hydrogen-bond donors (Lipinski definition) is 2. The van der Waals surface area contributed by atoms with Crippen LogP contribution in [0.1, 0.15) is 5.69 Å². The van der Waals surface area contributed by atoms with Crippen LogP contribution in [0.2, 0.25) is 15.3 Å². The van der Waals surface area contributed by atoms with Crippen molar-refractivity contribution in [2.45, 2.75) is 4.90 Å². The number of nitrogen functional groups attached to an aromatic ring is 1. The van der Waals surface area contributed by atoms with E-state index in [0.29, 0.717) is 5.02 Å². The van der Waals surface area contributed by atoms with Crippen LogP contribution in [0.5, 0.6) is 0 Å². The summed E-state index contributed by atoms with van der Waals surface area (Å²) < 4.78 is 23.9. The zero-order chi connectivity index (χ0) is 16.3. The Morgan fingerprint density at radius 3 is 2.32 bits per heavy atom. The van der Waals surface area contributed by atoms with Crippen LogP contribution >= 0.6 is 34.8 Å². The first-order valence-corrected chi connectivity index (χ1v) is 8.20. The Bertz CT molecular complexity index is 824. The fraction of sp³-hybridized carbons (Fsp3) is 0. The molecule has 0 aliphatic rings. The van der Waals surface area contributed by atoms with Crippen LogP contribution in [0.25, 0.3) is 0 Å². The fourth-order valence-corrected chi connectivity index (χ4v) is 2.52. The van der Waals surface area contributed by atoms with Gasteiger partial charge in [0.2, 0.25) is 0 Å². The lowest BCUT2D eigenvalue weighted by molar-refractivity contribution is 0.584. The second-order valence-corrected chi connectivity index (χ2v) is 6.70. The van der Waals surface area contributed by atoms with Gasteiger partial charge in [-0.3, -0.25) is 0 Å². The Balaban J connectivity index is 2.18. The van der Waals surface area contributed by atoms with Gasteiger partial charge in [0.1, 0.15) is 5.69 Å². The zero-order valence-corrected chi connectivity index (χ0v) is 13.7. The number of nitrogens with zero attached hydrogens (tertiary/aromatic N) is 3. The molecule has 3 N–H and O–H groups in total. The monoisotopic (exact) mass is 379 g/mol. The molecule has 0 bridgehead atoms. The van der Waals surface area contributed by atoms with E-state index in [2.05, 4.69) is 15.1 Å². The summed E-state index contributed by atoms with van der Waals surface area (Å²) in [5, 5.41) is 3.85. The van der Waals surface area contributed by atoms with Gasteiger partial charge >= 0.3 is 0 Å². The van der Waals surface area contributed by atoms with Gasteiger partial charge in [-0.2, -0.15) is 13.5 Å². The minimum atomic E-state index is -3.83. The first kappa shape index (κ1) is 16.8. The van der Waals surface area contributed by atoms with E-state index in [1.165, 1.54) is 24.3 Å². The molecule has 1 heterocycles. The van der Waals surface area contributed by atoms with Gasteiger partial charge in [-0.25, -0.2) is 14.8 Å². The molecule has 7 nitrogen and oxygen atoms in total. The van der Waals surface area contributed by atoms with Crippen LogP contribution in [0.15, 0.2) is 34.3 Å². The maximum absolute atomic E-state index is 12.0. The van der Waals surface area contributed by atoms with Crippen molar-refractivity contribution >= 4 is 56.9 Å². The number of hydrazone groups is 1. The number of nitrogens with one attached hydrogen (secondary N) is 1. The van der Waals surface area contributed by atoms with Crippen molar-refractivity contribution in [3.05, 3.63) is 45.3 Å². The van der Waals surface area contributed by atoms with Gasteiger partial charge in [-0.15, -0.1) is 0 Å². The summed E-state index contributed by atoms with van der Waals surface area (Å²) >= 11 is 17.0. The standard InChI is InChI=1S/C11H8Cl3N5O2S/c12-6-1-3-7(4-2-6)22(20,21)19-16-5-8-11(15)18-10(14)9(13)17-8/h1-5,19H,(H2,15,18)/b16-5-. The number of benzene rings is 1. The molecule has 0 fully saturated rings. The Morgan fingerprint density at radius 1 is 1.09 bits per heavy atom. The second kappa shape index (κ2) is 6.66. The molecule has 0 atom stereocenters. The average molecular weight is 381 g/mol. The normalized spacial score (nSPS) is 11.8. The van der Waals surface area contributed by atoms with Crippen molar-refractivity contribution in [1.29, 1.82) is 0 Å². The van der Waals surface area contributed by atoms with Crippen molar-refractivity contribution < 1.29 is 8.42 Å². The van der Waals surface area contributed by atoms with Crippen LogP contribution in [0.3, 0.4) is 0 Å². The van der Waals surface area contributed by atoms with E-state index in [1.54, 1.807) is 0 Å². The van der Waals surface area contributed by atoms with Gasteiger partial charge in [0.05, 0.1) is 11.1 Å². The molecule has 22 heavy (non-hydrogen) atoms. The highest BCUT2D eigenvalue weighted by molar-refractivity contribution is 7.89. The average Bonchev–Trinajstić information content (AvgIpc) is 2.44. The largest absolute Gasteiger partial charge is 0.382 e. The molecule has 0 spiro atoms. The molecule has 0 aliphatic carbocycles. The van der Waals surface area contributed by atoms with Gasteiger partial charge < -0.3 is 5.73 Å². The van der Waals surface area contributed by atoms with Crippen LogP contribution in [-0.2, 0) is 10.0 Å². The summed E-state index contributed by atoms with van der Waals surface area (Å²) in [6, 6.07) is 5.57. The highest BCUT2D eigenvalue weighted by Crippen LogP contribution is 2.19. The van der Waals surface area contributed by atoms with E-state index in [0.717, 1.165) is 6.21 Å². The van der Waals surface area contributed by atoms with Gasteiger partial charge in [0.25, 0.3) is 10.0 Å². The van der Waals surface area contributed by atoms with E-state index < -0.39 is 10.0 Å². The first-order chi connectivity index (χ1) is 10.3. The Morgan fingerprint density at radius 2 is 1.68 bits per heavy atom. The lowest BCUT2D eigenvalue weighted by Gasteiger charge is -2.04. The molecule has 1 aromatic carbocycles. The third-order valence-corrected chi connectivity index (χ3v) is 4.47. The predicted octanol–water partition coefficient (Wildman–Crippen LogP) is 2.33. The Hall–Kier alpha value is -1.61. The molecule has 116 valence electrons. The number of sulfonamides is 1. The van der Waals surface area contributed by atoms with E-state index in [-0.39, 0.29) is 26.7 Å². The molecule has 0 aliphatic heterocycles. The summed E-state index contributed by atoms with van der Waals surface area (Å²) in [5.41, 5.74) is 5.65.